The minimum atomic E-state index is 1.04. The standard InChI is InChI=1S/C5H11N2/c6-7-4-2-1-3-5-7/h1H,2-6H2. The van der Waals surface area contributed by atoms with Gasteiger partial charge in [-0.25, -0.2) is 5.01 Å². The van der Waals surface area contributed by atoms with E-state index in [9.17, 15) is 0 Å². The number of hydrogen-bond acceptors (Lipinski definition) is 2. The Labute approximate surface area is 44.3 Å². The second-order valence-corrected chi connectivity index (χ2v) is 1.90. The van der Waals surface area contributed by atoms with Crippen molar-refractivity contribution in [2.45, 2.75) is 12.8 Å². The van der Waals surface area contributed by atoms with Crippen molar-refractivity contribution in [3.63, 3.8) is 0 Å². The van der Waals surface area contributed by atoms with Crippen LogP contribution in [0.4, 0.5) is 0 Å². The highest BCUT2D eigenvalue weighted by molar-refractivity contribution is 4.72. The zero-order valence-corrected chi connectivity index (χ0v) is 4.43. The highest BCUT2D eigenvalue weighted by Gasteiger charge is 2.03. The van der Waals surface area contributed by atoms with Gasteiger partial charge in [0.1, 0.15) is 0 Å². The van der Waals surface area contributed by atoms with E-state index in [2.05, 4.69) is 6.42 Å². The molecule has 1 aliphatic heterocycles. The maximum Gasteiger partial charge on any atom is 0.0131 e. The summed E-state index contributed by atoms with van der Waals surface area (Å²) in [5.74, 6) is 5.45. The summed E-state index contributed by atoms with van der Waals surface area (Å²) < 4.78 is 0. The van der Waals surface area contributed by atoms with Crippen LogP contribution in [0.5, 0.6) is 0 Å². The maximum atomic E-state index is 5.45. The number of rotatable bonds is 0. The average Bonchev–Trinajstić information content (AvgIpc) is 1.69. The van der Waals surface area contributed by atoms with Gasteiger partial charge in [-0.05, 0) is 19.3 Å². The van der Waals surface area contributed by atoms with Crippen molar-refractivity contribution in [2.24, 2.45) is 5.84 Å². The van der Waals surface area contributed by atoms with Gasteiger partial charge in [0, 0.05) is 13.1 Å². The molecule has 1 saturated heterocycles. The van der Waals surface area contributed by atoms with Crippen LogP contribution in [0.1, 0.15) is 12.8 Å². The summed E-state index contributed by atoms with van der Waals surface area (Å²) in [7, 11) is 0. The van der Waals surface area contributed by atoms with Crippen LogP contribution in [0.2, 0.25) is 0 Å². The molecule has 1 heterocycles. The summed E-state index contributed by atoms with van der Waals surface area (Å²) in [4.78, 5) is 0. The maximum absolute atomic E-state index is 5.45. The van der Waals surface area contributed by atoms with Gasteiger partial charge in [0.05, 0.1) is 0 Å². The smallest absolute Gasteiger partial charge is 0.0131 e. The molecule has 7 heavy (non-hydrogen) atoms. The second-order valence-electron chi connectivity index (χ2n) is 1.90. The Morgan fingerprint density at radius 2 is 1.86 bits per heavy atom. The summed E-state index contributed by atoms with van der Waals surface area (Å²) >= 11 is 0. The first kappa shape index (κ1) is 5.06. The Kier molecular flexibility index (Phi) is 1.65. The number of nitrogens with two attached hydrogens (primary N) is 1. The summed E-state index contributed by atoms with van der Waals surface area (Å²) in [5.41, 5.74) is 0. The lowest BCUT2D eigenvalue weighted by molar-refractivity contribution is 0.262. The number of hydrazine groups is 1. The van der Waals surface area contributed by atoms with Gasteiger partial charge in [0.15, 0.2) is 0 Å². The molecule has 0 saturated carbocycles. The van der Waals surface area contributed by atoms with Gasteiger partial charge in [-0.1, -0.05) is 0 Å². The van der Waals surface area contributed by atoms with Crippen LogP contribution < -0.4 is 5.84 Å². The third kappa shape index (κ3) is 1.45. The molecule has 2 nitrogen and oxygen atoms in total. The van der Waals surface area contributed by atoms with Crippen LogP contribution in [0, 0.1) is 6.42 Å². The quantitative estimate of drug-likeness (QED) is 0.438. The molecule has 1 aliphatic rings. The van der Waals surface area contributed by atoms with E-state index >= 15 is 0 Å². The highest BCUT2D eigenvalue weighted by Crippen LogP contribution is 2.01. The fourth-order valence-electron chi connectivity index (χ4n) is 0.770. The topological polar surface area (TPSA) is 29.3 Å². The van der Waals surface area contributed by atoms with E-state index in [0.29, 0.717) is 0 Å². The number of hydrogen-bond donors (Lipinski definition) is 1. The molecule has 0 spiro atoms. The zero-order chi connectivity index (χ0) is 5.11. The highest BCUT2D eigenvalue weighted by atomic mass is 15.4. The lowest BCUT2D eigenvalue weighted by atomic mass is 10.2. The molecule has 0 amide bonds. The van der Waals surface area contributed by atoms with E-state index in [1.165, 1.54) is 0 Å². The van der Waals surface area contributed by atoms with Crippen LogP contribution >= 0.6 is 0 Å². The monoisotopic (exact) mass is 99.1 g/mol. The number of nitrogens with zero attached hydrogens (tertiary/aromatic N) is 1. The summed E-state index contributed by atoms with van der Waals surface area (Å²) in [6, 6.07) is 0. The van der Waals surface area contributed by atoms with Crippen LogP contribution in [0.3, 0.4) is 0 Å². The Morgan fingerprint density at radius 1 is 1.29 bits per heavy atom. The average molecular weight is 99.2 g/mol. The SMILES string of the molecule is NN1CC[CH]CC1. The fourth-order valence-corrected chi connectivity index (χ4v) is 0.770. The van der Waals surface area contributed by atoms with Crippen LogP contribution in [-0.2, 0) is 0 Å². The zero-order valence-electron chi connectivity index (χ0n) is 4.43. The van der Waals surface area contributed by atoms with E-state index in [4.69, 9.17) is 5.84 Å². The van der Waals surface area contributed by atoms with Crippen molar-refractivity contribution in [2.75, 3.05) is 13.1 Å². The molecular weight excluding hydrogens is 88.1 g/mol. The first-order valence-corrected chi connectivity index (χ1v) is 2.71. The fraction of sp³-hybridized carbons (Fsp3) is 0.800. The minimum Gasteiger partial charge on any atom is -0.269 e. The lowest BCUT2D eigenvalue weighted by Crippen LogP contribution is -2.35. The van der Waals surface area contributed by atoms with E-state index in [-0.39, 0.29) is 0 Å². The van der Waals surface area contributed by atoms with Crippen molar-refractivity contribution in [3.8, 4) is 0 Å². The molecule has 0 aromatic carbocycles. The van der Waals surface area contributed by atoms with Gasteiger partial charge in [-0.3, -0.25) is 5.84 Å². The molecule has 2 heteroatoms. The molecule has 0 aromatic heterocycles. The molecule has 1 fully saturated rings. The summed E-state index contributed by atoms with van der Waals surface area (Å²) in [6.07, 6.45) is 4.61. The van der Waals surface area contributed by atoms with E-state index in [0.717, 1.165) is 25.9 Å². The summed E-state index contributed by atoms with van der Waals surface area (Å²) in [5, 5.41) is 1.86. The van der Waals surface area contributed by atoms with Gasteiger partial charge < -0.3 is 0 Å². The van der Waals surface area contributed by atoms with Gasteiger partial charge in [0.25, 0.3) is 0 Å². The molecule has 1 radical (unpaired) electrons. The first-order chi connectivity index (χ1) is 3.39. The molecule has 0 aliphatic carbocycles. The van der Waals surface area contributed by atoms with Crippen molar-refractivity contribution in [1.82, 2.24) is 5.01 Å². The Morgan fingerprint density at radius 3 is 2.14 bits per heavy atom. The molecule has 0 aromatic rings. The molecular formula is C5H11N2. The second kappa shape index (κ2) is 2.28. The Bertz CT molecular complexity index is 48.0. The van der Waals surface area contributed by atoms with Gasteiger partial charge in [0.2, 0.25) is 0 Å². The molecule has 0 unspecified atom stereocenters. The van der Waals surface area contributed by atoms with E-state index in [1.54, 1.807) is 0 Å². The third-order valence-corrected chi connectivity index (χ3v) is 1.24. The van der Waals surface area contributed by atoms with Crippen molar-refractivity contribution in [1.29, 1.82) is 0 Å². The van der Waals surface area contributed by atoms with Gasteiger partial charge in [-0.2, -0.15) is 0 Å². The van der Waals surface area contributed by atoms with E-state index < -0.39 is 0 Å². The molecule has 0 atom stereocenters. The Balaban J connectivity index is 2.12. The molecule has 0 bridgehead atoms. The first-order valence-electron chi connectivity index (χ1n) is 2.71. The summed E-state index contributed by atoms with van der Waals surface area (Å²) in [6.45, 7) is 2.08. The Hall–Kier alpha value is -0.0800. The van der Waals surface area contributed by atoms with E-state index in [1.807, 2.05) is 5.01 Å². The predicted octanol–water partition coefficient (Wildman–Crippen LogP) is 0.160. The number of piperidine rings is 1. The lowest BCUT2D eigenvalue weighted by Gasteiger charge is -2.19. The normalized spacial score (nSPS) is 25.3. The molecule has 2 N–H and O–H groups in total. The van der Waals surface area contributed by atoms with Gasteiger partial charge in [-0.15, -0.1) is 0 Å². The third-order valence-electron chi connectivity index (χ3n) is 1.24. The van der Waals surface area contributed by atoms with Crippen molar-refractivity contribution < 1.29 is 0 Å². The van der Waals surface area contributed by atoms with Crippen molar-refractivity contribution >= 4 is 0 Å². The van der Waals surface area contributed by atoms with Crippen LogP contribution in [0.15, 0.2) is 0 Å². The predicted molar refractivity (Wildman–Crippen MR) is 29.3 cm³/mol. The largest absolute Gasteiger partial charge is 0.269 e. The van der Waals surface area contributed by atoms with Crippen molar-refractivity contribution in [3.05, 3.63) is 6.42 Å². The minimum absolute atomic E-state index is 1.04. The molecule has 1 rings (SSSR count). The van der Waals surface area contributed by atoms with Crippen LogP contribution in [-0.4, -0.2) is 18.1 Å². The van der Waals surface area contributed by atoms with Gasteiger partial charge >= 0.3 is 0 Å². The van der Waals surface area contributed by atoms with Crippen LogP contribution in [0.25, 0.3) is 0 Å². The molecule has 41 valence electrons.